The molecule has 0 amide bonds. The second-order valence-corrected chi connectivity index (χ2v) is 4.98. The summed E-state index contributed by atoms with van der Waals surface area (Å²) in [5, 5.41) is 6.40. The molecule has 2 rings (SSSR count). The summed E-state index contributed by atoms with van der Waals surface area (Å²) in [6.45, 7) is 1.85. The quantitative estimate of drug-likeness (QED) is 0.687. The Morgan fingerprint density at radius 2 is 2.14 bits per heavy atom. The summed E-state index contributed by atoms with van der Waals surface area (Å²) in [5.74, 6) is -0.239. The highest BCUT2D eigenvalue weighted by molar-refractivity contribution is 7.13. The third-order valence-corrected chi connectivity index (χ3v) is 3.39. The van der Waals surface area contributed by atoms with Crippen molar-refractivity contribution < 1.29 is 17.9 Å². The zero-order valence-electron chi connectivity index (χ0n) is 11.2. The third kappa shape index (κ3) is 3.94. The maximum atomic E-state index is 12.7. The van der Waals surface area contributed by atoms with Crippen LogP contribution in [0, 0.1) is 6.92 Å². The number of nitrogens with one attached hydrogen (secondary N) is 1. The lowest BCUT2D eigenvalue weighted by molar-refractivity contribution is -0.138. The van der Waals surface area contributed by atoms with Gasteiger partial charge in [0.05, 0.1) is 24.6 Å². The summed E-state index contributed by atoms with van der Waals surface area (Å²) in [5.41, 5.74) is 3.25. The maximum Gasteiger partial charge on any atom is 0.419 e. The molecule has 8 heteroatoms. The molecule has 0 aliphatic rings. The highest BCUT2D eigenvalue weighted by Gasteiger charge is 2.34. The normalized spacial score (nSPS) is 11.9. The van der Waals surface area contributed by atoms with Crippen LogP contribution < -0.4 is 10.2 Å². The van der Waals surface area contributed by atoms with Gasteiger partial charge in [-0.05, 0) is 24.6 Å². The van der Waals surface area contributed by atoms with Crippen LogP contribution in [-0.4, -0.2) is 18.3 Å². The number of anilines is 1. The van der Waals surface area contributed by atoms with Crippen molar-refractivity contribution in [1.29, 1.82) is 0 Å². The van der Waals surface area contributed by atoms with Gasteiger partial charge in [-0.3, -0.25) is 5.43 Å². The summed E-state index contributed by atoms with van der Waals surface area (Å²) in [6, 6.07) is 3.57. The van der Waals surface area contributed by atoms with Gasteiger partial charge in [0.1, 0.15) is 5.75 Å². The van der Waals surface area contributed by atoms with Gasteiger partial charge in [-0.1, -0.05) is 6.07 Å². The molecule has 0 aliphatic carbocycles. The van der Waals surface area contributed by atoms with E-state index in [2.05, 4.69) is 15.5 Å². The lowest BCUT2D eigenvalue weighted by atomic mass is 10.1. The lowest BCUT2D eigenvalue weighted by Gasteiger charge is -2.11. The number of ether oxygens (including phenoxy) is 1. The Kier molecular flexibility index (Phi) is 4.46. The first-order valence-corrected chi connectivity index (χ1v) is 6.74. The minimum atomic E-state index is -4.45. The van der Waals surface area contributed by atoms with Gasteiger partial charge in [0, 0.05) is 5.38 Å². The number of aromatic nitrogens is 1. The van der Waals surface area contributed by atoms with Crippen LogP contribution in [0.1, 0.15) is 16.8 Å². The highest BCUT2D eigenvalue weighted by atomic mass is 32.1. The monoisotopic (exact) mass is 315 g/mol. The largest absolute Gasteiger partial charge is 0.496 e. The Morgan fingerprint density at radius 3 is 2.71 bits per heavy atom. The Labute approximate surface area is 123 Å². The second-order valence-electron chi connectivity index (χ2n) is 4.12. The Morgan fingerprint density at radius 1 is 1.38 bits per heavy atom. The molecular formula is C13H12F3N3OS. The molecule has 1 aromatic heterocycles. The summed E-state index contributed by atoms with van der Waals surface area (Å²) in [6.07, 6.45) is -3.04. The zero-order valence-corrected chi connectivity index (χ0v) is 12.0. The van der Waals surface area contributed by atoms with Crippen LogP contribution in [0.3, 0.4) is 0 Å². The van der Waals surface area contributed by atoms with E-state index in [0.717, 1.165) is 11.8 Å². The van der Waals surface area contributed by atoms with Crippen molar-refractivity contribution in [3.05, 3.63) is 40.4 Å². The predicted octanol–water partition coefficient (Wildman–Crippen LogP) is 3.92. The van der Waals surface area contributed by atoms with Crippen LogP contribution >= 0.6 is 11.3 Å². The molecule has 0 radical (unpaired) electrons. The first-order valence-electron chi connectivity index (χ1n) is 5.86. The Bertz CT molecular complexity index is 652. The van der Waals surface area contributed by atoms with Gasteiger partial charge >= 0.3 is 6.18 Å². The molecule has 0 spiro atoms. The summed E-state index contributed by atoms with van der Waals surface area (Å²) in [7, 11) is 1.20. The average Bonchev–Trinajstić information content (AvgIpc) is 2.83. The molecule has 0 unspecified atom stereocenters. The van der Waals surface area contributed by atoms with Crippen LogP contribution in [0.25, 0.3) is 0 Å². The number of halogens is 3. The van der Waals surface area contributed by atoms with Crippen molar-refractivity contribution in [3.8, 4) is 5.75 Å². The van der Waals surface area contributed by atoms with E-state index in [9.17, 15) is 13.2 Å². The molecule has 21 heavy (non-hydrogen) atoms. The van der Waals surface area contributed by atoms with Crippen molar-refractivity contribution in [1.82, 2.24) is 4.98 Å². The third-order valence-electron chi connectivity index (χ3n) is 2.52. The first-order chi connectivity index (χ1) is 9.90. The van der Waals surface area contributed by atoms with E-state index < -0.39 is 11.7 Å². The molecule has 112 valence electrons. The van der Waals surface area contributed by atoms with Gasteiger partial charge in [-0.2, -0.15) is 18.3 Å². The van der Waals surface area contributed by atoms with Crippen molar-refractivity contribution in [2.24, 2.45) is 5.10 Å². The van der Waals surface area contributed by atoms with Crippen molar-refractivity contribution in [2.45, 2.75) is 13.1 Å². The number of benzene rings is 1. The topological polar surface area (TPSA) is 46.5 Å². The van der Waals surface area contributed by atoms with Crippen molar-refractivity contribution in [2.75, 3.05) is 12.5 Å². The van der Waals surface area contributed by atoms with Gasteiger partial charge in [-0.25, -0.2) is 4.98 Å². The predicted molar refractivity (Wildman–Crippen MR) is 76.1 cm³/mol. The van der Waals surface area contributed by atoms with E-state index in [0.29, 0.717) is 10.7 Å². The summed E-state index contributed by atoms with van der Waals surface area (Å²) < 4.78 is 42.9. The van der Waals surface area contributed by atoms with Crippen molar-refractivity contribution >= 4 is 22.7 Å². The standard InChI is InChI=1S/C13H12F3N3OS/c1-8-7-21-12(18-8)19-17-6-9-3-4-10(13(14,15)16)11(5-9)20-2/h3-7H,1-2H3,(H,18,19). The number of hydrogen-bond acceptors (Lipinski definition) is 5. The van der Waals surface area contributed by atoms with E-state index >= 15 is 0 Å². The maximum absolute atomic E-state index is 12.7. The molecule has 1 heterocycles. The minimum absolute atomic E-state index is 0.239. The van der Waals surface area contributed by atoms with Gasteiger partial charge < -0.3 is 4.74 Å². The first kappa shape index (κ1) is 15.3. The Balaban J connectivity index is 2.14. The number of alkyl halides is 3. The molecule has 2 aromatic rings. The zero-order chi connectivity index (χ0) is 15.5. The number of hydrazone groups is 1. The van der Waals surface area contributed by atoms with Gasteiger partial charge in [0.15, 0.2) is 0 Å². The fourth-order valence-electron chi connectivity index (χ4n) is 1.59. The molecular weight excluding hydrogens is 303 g/mol. The molecule has 0 saturated carbocycles. The van der Waals surface area contributed by atoms with E-state index in [1.165, 1.54) is 36.8 Å². The van der Waals surface area contributed by atoms with E-state index in [-0.39, 0.29) is 5.75 Å². The van der Waals surface area contributed by atoms with Gasteiger partial charge in [0.2, 0.25) is 5.13 Å². The van der Waals surface area contributed by atoms with Gasteiger partial charge in [0.25, 0.3) is 0 Å². The number of thiazole rings is 1. The number of hydrogen-bond donors (Lipinski definition) is 1. The highest BCUT2D eigenvalue weighted by Crippen LogP contribution is 2.36. The molecule has 1 aromatic carbocycles. The smallest absolute Gasteiger partial charge is 0.419 e. The number of aryl methyl sites for hydroxylation is 1. The molecule has 0 aliphatic heterocycles. The SMILES string of the molecule is COc1cc(C=NNc2nc(C)cs2)ccc1C(F)(F)F. The average molecular weight is 315 g/mol. The van der Waals surface area contributed by atoms with Crippen LogP contribution in [0.5, 0.6) is 5.75 Å². The molecule has 0 fully saturated rings. The summed E-state index contributed by atoms with van der Waals surface area (Å²) in [4.78, 5) is 4.14. The fourth-order valence-corrected chi connectivity index (χ4v) is 2.23. The molecule has 0 saturated heterocycles. The van der Waals surface area contributed by atoms with Gasteiger partial charge in [-0.15, -0.1) is 11.3 Å². The Hall–Kier alpha value is -2.09. The van der Waals surface area contributed by atoms with Crippen molar-refractivity contribution in [3.63, 3.8) is 0 Å². The summed E-state index contributed by atoms with van der Waals surface area (Å²) >= 11 is 1.39. The lowest BCUT2D eigenvalue weighted by Crippen LogP contribution is -2.07. The number of nitrogens with zero attached hydrogens (tertiary/aromatic N) is 2. The van der Waals surface area contributed by atoms with Crippen LogP contribution in [0.4, 0.5) is 18.3 Å². The van der Waals surface area contributed by atoms with E-state index in [1.54, 1.807) is 0 Å². The fraction of sp³-hybridized carbons (Fsp3) is 0.231. The van der Waals surface area contributed by atoms with Crippen LogP contribution in [0.15, 0.2) is 28.7 Å². The number of methoxy groups -OCH3 is 1. The van der Waals surface area contributed by atoms with E-state index in [1.807, 2.05) is 12.3 Å². The molecule has 1 N–H and O–H groups in total. The minimum Gasteiger partial charge on any atom is -0.496 e. The molecule has 4 nitrogen and oxygen atoms in total. The molecule has 0 atom stereocenters. The van der Waals surface area contributed by atoms with Crippen LogP contribution in [-0.2, 0) is 6.18 Å². The van der Waals surface area contributed by atoms with Crippen LogP contribution in [0.2, 0.25) is 0 Å². The number of rotatable bonds is 4. The second kappa shape index (κ2) is 6.13. The van der Waals surface area contributed by atoms with E-state index in [4.69, 9.17) is 4.74 Å². The molecule has 0 bridgehead atoms.